The van der Waals surface area contributed by atoms with Crippen molar-refractivity contribution in [1.29, 1.82) is 0 Å². The number of hydrogen-bond acceptors (Lipinski definition) is 6. The van der Waals surface area contributed by atoms with Crippen molar-refractivity contribution in [1.82, 2.24) is 14.5 Å². The average Bonchev–Trinajstić information content (AvgIpc) is 3.10. The fraction of sp³-hybridized carbons (Fsp3) is 0.588. The van der Waals surface area contributed by atoms with Gasteiger partial charge in [-0.2, -0.15) is 0 Å². The molecule has 136 valence electrons. The molecular formula is C17H26N4O3Si. The number of aldehydes is 1. The summed E-state index contributed by atoms with van der Waals surface area (Å²) in [6.07, 6.45) is 3.62. The van der Waals surface area contributed by atoms with E-state index in [1.165, 1.54) is 6.33 Å². The van der Waals surface area contributed by atoms with Gasteiger partial charge >= 0.3 is 0 Å². The third-order valence-electron chi connectivity index (χ3n) is 5.35. The summed E-state index contributed by atoms with van der Waals surface area (Å²) in [7, 11) is -2.00. The van der Waals surface area contributed by atoms with Crippen LogP contribution in [0.2, 0.25) is 18.1 Å². The summed E-state index contributed by atoms with van der Waals surface area (Å²) in [5.41, 5.74) is 6.60. The SMILES string of the molecule is CC(C)(C)[Si](C)(C)O[C@H]1C[C@H](n2ccc3c(N)ncnc32)O[C@@H]1C=O. The molecule has 0 bridgehead atoms. The summed E-state index contributed by atoms with van der Waals surface area (Å²) in [5.74, 6) is 0.433. The third kappa shape index (κ3) is 3.21. The summed E-state index contributed by atoms with van der Waals surface area (Å²) in [5, 5.41) is 0.850. The van der Waals surface area contributed by atoms with E-state index in [1.54, 1.807) is 0 Å². The van der Waals surface area contributed by atoms with Crippen molar-refractivity contribution in [3.63, 3.8) is 0 Å². The van der Waals surface area contributed by atoms with Gasteiger partial charge in [0.05, 0.1) is 11.5 Å². The van der Waals surface area contributed by atoms with Gasteiger partial charge in [0, 0.05) is 12.6 Å². The van der Waals surface area contributed by atoms with Gasteiger partial charge in [-0.1, -0.05) is 20.8 Å². The van der Waals surface area contributed by atoms with E-state index in [0.717, 1.165) is 11.7 Å². The van der Waals surface area contributed by atoms with Crippen molar-refractivity contribution in [3.05, 3.63) is 18.6 Å². The van der Waals surface area contributed by atoms with Crippen molar-refractivity contribution in [3.8, 4) is 0 Å². The van der Waals surface area contributed by atoms with Crippen molar-refractivity contribution in [2.24, 2.45) is 0 Å². The van der Waals surface area contributed by atoms with E-state index < -0.39 is 14.4 Å². The zero-order valence-corrected chi connectivity index (χ0v) is 16.4. The molecule has 1 saturated heterocycles. The Morgan fingerprint density at radius 2 is 2.12 bits per heavy atom. The maximum Gasteiger partial charge on any atom is 0.192 e. The van der Waals surface area contributed by atoms with Crippen LogP contribution >= 0.6 is 0 Å². The number of anilines is 1. The molecule has 3 heterocycles. The Morgan fingerprint density at radius 3 is 2.76 bits per heavy atom. The summed E-state index contributed by atoms with van der Waals surface area (Å²) >= 11 is 0. The second kappa shape index (κ2) is 6.19. The zero-order valence-electron chi connectivity index (χ0n) is 15.4. The van der Waals surface area contributed by atoms with Crippen LogP contribution in [-0.2, 0) is 14.0 Å². The van der Waals surface area contributed by atoms with Gasteiger partial charge in [-0.05, 0) is 24.2 Å². The molecule has 7 nitrogen and oxygen atoms in total. The average molecular weight is 363 g/mol. The molecule has 3 rings (SSSR count). The monoisotopic (exact) mass is 362 g/mol. The first-order chi connectivity index (χ1) is 11.6. The Bertz CT molecular complexity index is 784. The number of hydrogen-bond donors (Lipinski definition) is 1. The molecule has 1 aliphatic rings. The van der Waals surface area contributed by atoms with Gasteiger partial charge in [0.15, 0.2) is 14.6 Å². The molecule has 1 fully saturated rings. The number of ether oxygens (including phenoxy) is 1. The summed E-state index contributed by atoms with van der Waals surface area (Å²) in [6, 6.07) is 1.87. The van der Waals surface area contributed by atoms with Gasteiger partial charge in [0.2, 0.25) is 0 Å². The van der Waals surface area contributed by atoms with Gasteiger partial charge in [0.25, 0.3) is 0 Å². The van der Waals surface area contributed by atoms with Crippen molar-refractivity contribution >= 4 is 31.5 Å². The van der Waals surface area contributed by atoms with Crippen LogP contribution < -0.4 is 5.73 Å². The highest BCUT2D eigenvalue weighted by Crippen LogP contribution is 2.41. The van der Waals surface area contributed by atoms with Crippen molar-refractivity contribution in [2.45, 2.75) is 63.8 Å². The van der Waals surface area contributed by atoms with E-state index in [9.17, 15) is 4.79 Å². The third-order valence-corrected chi connectivity index (χ3v) is 9.86. The van der Waals surface area contributed by atoms with Crippen LogP contribution in [0.4, 0.5) is 5.82 Å². The number of nitrogens with two attached hydrogens (primary N) is 1. The van der Waals surface area contributed by atoms with Gasteiger partial charge < -0.3 is 24.3 Å². The lowest BCUT2D eigenvalue weighted by Gasteiger charge is -2.38. The van der Waals surface area contributed by atoms with Gasteiger partial charge in [0.1, 0.15) is 30.1 Å². The summed E-state index contributed by atoms with van der Waals surface area (Å²) in [4.78, 5) is 19.9. The Hall–Kier alpha value is -1.77. The number of carbonyl (C=O) groups excluding carboxylic acids is 1. The highest BCUT2D eigenvalue weighted by atomic mass is 28.4. The molecular weight excluding hydrogens is 336 g/mol. The molecule has 0 amide bonds. The fourth-order valence-electron chi connectivity index (χ4n) is 2.85. The first-order valence-corrected chi connectivity index (χ1v) is 11.4. The van der Waals surface area contributed by atoms with Crippen LogP contribution in [0.5, 0.6) is 0 Å². The minimum absolute atomic E-state index is 0.0698. The van der Waals surface area contributed by atoms with Crippen LogP contribution in [-0.4, -0.2) is 41.3 Å². The van der Waals surface area contributed by atoms with Gasteiger partial charge in [-0.15, -0.1) is 0 Å². The molecule has 0 radical (unpaired) electrons. The maximum atomic E-state index is 11.5. The molecule has 0 aromatic carbocycles. The Kier molecular flexibility index (Phi) is 4.46. The highest BCUT2D eigenvalue weighted by Gasteiger charge is 2.45. The normalized spacial score (nSPS) is 24.8. The molecule has 1 aliphatic heterocycles. The summed E-state index contributed by atoms with van der Waals surface area (Å²) in [6.45, 7) is 10.9. The number of rotatable bonds is 4. The molecule has 25 heavy (non-hydrogen) atoms. The van der Waals surface area contributed by atoms with Crippen LogP contribution in [0.15, 0.2) is 18.6 Å². The van der Waals surface area contributed by atoms with E-state index in [1.807, 2.05) is 16.8 Å². The second-order valence-electron chi connectivity index (χ2n) is 8.06. The van der Waals surface area contributed by atoms with Crippen LogP contribution in [0.25, 0.3) is 11.0 Å². The molecule has 3 atom stereocenters. The van der Waals surface area contributed by atoms with E-state index in [-0.39, 0.29) is 17.4 Å². The molecule has 0 saturated carbocycles. The predicted molar refractivity (Wildman–Crippen MR) is 98.6 cm³/mol. The second-order valence-corrected chi connectivity index (χ2v) is 12.8. The molecule has 2 aromatic heterocycles. The Morgan fingerprint density at radius 1 is 1.40 bits per heavy atom. The van der Waals surface area contributed by atoms with Crippen molar-refractivity contribution in [2.75, 3.05) is 5.73 Å². The van der Waals surface area contributed by atoms with Gasteiger partial charge in [-0.3, -0.25) is 0 Å². The first kappa shape index (κ1) is 18.0. The van der Waals surface area contributed by atoms with Crippen molar-refractivity contribution < 1.29 is 14.0 Å². The zero-order chi connectivity index (χ0) is 18.4. The van der Waals surface area contributed by atoms with Crippen LogP contribution in [0, 0.1) is 0 Å². The number of nitrogen functional groups attached to an aromatic ring is 1. The minimum atomic E-state index is -2.00. The standard InChI is InChI=1S/C17H26N4O3Si/c1-17(2,3)25(4,5)24-12-8-14(23-13(12)9-22)21-7-6-11-15(18)19-10-20-16(11)21/h6-7,9-10,12-14H,8H2,1-5H3,(H2,18,19,20)/t12-,13+,14+/m0/s1. The smallest absolute Gasteiger partial charge is 0.192 e. The molecule has 2 N–H and O–H groups in total. The van der Waals surface area contributed by atoms with E-state index in [2.05, 4.69) is 43.8 Å². The highest BCUT2D eigenvalue weighted by molar-refractivity contribution is 6.74. The largest absolute Gasteiger partial charge is 0.411 e. The lowest BCUT2D eigenvalue weighted by Crippen LogP contribution is -2.46. The Labute approximate surface area is 148 Å². The number of carbonyl (C=O) groups is 1. The van der Waals surface area contributed by atoms with E-state index >= 15 is 0 Å². The van der Waals surface area contributed by atoms with Gasteiger partial charge in [-0.25, -0.2) is 9.97 Å². The summed E-state index contributed by atoms with van der Waals surface area (Å²) < 4.78 is 14.3. The maximum absolute atomic E-state index is 11.5. The molecule has 8 heteroatoms. The number of fused-ring (bicyclic) bond motifs is 1. The fourth-order valence-corrected chi connectivity index (χ4v) is 4.19. The predicted octanol–water partition coefficient (Wildman–Crippen LogP) is 2.89. The molecule has 0 unspecified atom stereocenters. The molecule has 2 aromatic rings. The first-order valence-electron chi connectivity index (χ1n) is 8.49. The van der Waals surface area contributed by atoms with E-state index in [0.29, 0.717) is 17.9 Å². The lowest BCUT2D eigenvalue weighted by molar-refractivity contribution is -0.122. The molecule has 0 aliphatic carbocycles. The van der Waals surface area contributed by atoms with Crippen LogP contribution in [0.1, 0.15) is 33.4 Å². The molecule has 0 spiro atoms. The topological polar surface area (TPSA) is 92.3 Å². The quantitative estimate of drug-likeness (QED) is 0.664. The Balaban J connectivity index is 1.86. The number of nitrogens with zero attached hydrogens (tertiary/aromatic N) is 3. The number of aromatic nitrogens is 3. The lowest BCUT2D eigenvalue weighted by atomic mass is 10.2. The van der Waals surface area contributed by atoms with Crippen LogP contribution in [0.3, 0.4) is 0 Å². The minimum Gasteiger partial charge on any atom is -0.411 e. The van der Waals surface area contributed by atoms with E-state index in [4.69, 9.17) is 14.9 Å².